The zero-order chi connectivity index (χ0) is 13.7. The molecule has 0 aromatic carbocycles. The van der Waals surface area contributed by atoms with Crippen molar-refractivity contribution in [3.8, 4) is 5.75 Å². The molecule has 0 atom stereocenters. The number of halogens is 1. The van der Waals surface area contributed by atoms with Gasteiger partial charge in [-0.3, -0.25) is 9.48 Å². The van der Waals surface area contributed by atoms with Gasteiger partial charge in [-0.2, -0.15) is 5.10 Å². The molecule has 1 heterocycles. The Morgan fingerprint density at radius 2 is 2.11 bits per heavy atom. The van der Waals surface area contributed by atoms with E-state index in [9.17, 15) is 4.79 Å². The molecule has 1 N–H and O–H groups in total. The van der Waals surface area contributed by atoms with E-state index in [-0.39, 0.29) is 24.9 Å². The Balaban J connectivity index is 0.00000324. The molecule has 0 unspecified atom stereocenters. The molecule has 0 radical (unpaired) electrons. The van der Waals surface area contributed by atoms with Crippen LogP contribution in [0.4, 0.5) is 0 Å². The van der Waals surface area contributed by atoms with Crippen LogP contribution in [-0.2, 0) is 11.8 Å². The van der Waals surface area contributed by atoms with Crippen molar-refractivity contribution in [1.82, 2.24) is 20.0 Å². The fourth-order valence-corrected chi connectivity index (χ4v) is 1.61. The van der Waals surface area contributed by atoms with Crippen LogP contribution in [0, 0.1) is 13.8 Å². The normalized spacial score (nSPS) is 9.95. The van der Waals surface area contributed by atoms with Crippen LogP contribution in [-0.4, -0.2) is 54.4 Å². The number of aryl methyl sites for hydroxylation is 2. The van der Waals surface area contributed by atoms with Crippen LogP contribution in [0.15, 0.2) is 0 Å². The molecule has 0 aliphatic carbocycles. The van der Waals surface area contributed by atoms with Crippen molar-refractivity contribution in [3.05, 3.63) is 11.4 Å². The summed E-state index contributed by atoms with van der Waals surface area (Å²) >= 11 is 0. The monoisotopic (exact) mass is 290 g/mol. The summed E-state index contributed by atoms with van der Waals surface area (Å²) < 4.78 is 7.31. The lowest BCUT2D eigenvalue weighted by Gasteiger charge is -2.17. The minimum absolute atomic E-state index is 0. The van der Waals surface area contributed by atoms with Crippen LogP contribution in [0.25, 0.3) is 0 Å². The van der Waals surface area contributed by atoms with Crippen molar-refractivity contribution in [2.45, 2.75) is 13.8 Å². The fourth-order valence-electron chi connectivity index (χ4n) is 1.61. The largest absolute Gasteiger partial charge is 0.480 e. The van der Waals surface area contributed by atoms with E-state index in [0.717, 1.165) is 17.9 Å². The second kappa shape index (κ2) is 8.01. The highest BCUT2D eigenvalue weighted by atomic mass is 35.5. The molecule has 110 valence electrons. The van der Waals surface area contributed by atoms with Gasteiger partial charge in [0.2, 0.25) is 0 Å². The first-order valence-corrected chi connectivity index (χ1v) is 5.99. The van der Waals surface area contributed by atoms with Gasteiger partial charge in [0.1, 0.15) is 5.69 Å². The Labute approximate surface area is 120 Å². The van der Waals surface area contributed by atoms with Crippen LogP contribution in [0.3, 0.4) is 0 Å². The SMILES string of the molecule is CNCCN(C)C(=O)COc1c(C)nn(C)c1C.Cl. The lowest BCUT2D eigenvalue weighted by atomic mass is 10.3. The van der Waals surface area contributed by atoms with E-state index in [4.69, 9.17) is 4.74 Å². The van der Waals surface area contributed by atoms with Crippen LogP contribution in [0.5, 0.6) is 5.75 Å². The van der Waals surface area contributed by atoms with Gasteiger partial charge in [-0.1, -0.05) is 0 Å². The molecule has 1 amide bonds. The standard InChI is InChI=1S/C12H22N4O2.ClH/c1-9-12(10(2)16(5)14-9)18-8-11(17)15(4)7-6-13-3;/h13H,6-8H2,1-5H3;1H. The van der Waals surface area contributed by atoms with Crippen LogP contribution in [0.1, 0.15) is 11.4 Å². The molecule has 1 aromatic heterocycles. The Morgan fingerprint density at radius 1 is 1.47 bits per heavy atom. The molecule has 1 rings (SSSR count). The second-order valence-electron chi connectivity index (χ2n) is 4.33. The number of carbonyl (C=O) groups excluding carboxylic acids is 1. The molecule has 6 nitrogen and oxygen atoms in total. The Morgan fingerprint density at radius 3 is 2.58 bits per heavy atom. The molecule has 0 saturated carbocycles. The van der Waals surface area contributed by atoms with Crippen molar-refractivity contribution in [2.24, 2.45) is 7.05 Å². The van der Waals surface area contributed by atoms with Crippen molar-refractivity contribution >= 4 is 18.3 Å². The fraction of sp³-hybridized carbons (Fsp3) is 0.667. The quantitative estimate of drug-likeness (QED) is 0.830. The Kier molecular flexibility index (Phi) is 7.48. The minimum atomic E-state index is -0.0343. The van der Waals surface area contributed by atoms with E-state index in [1.165, 1.54) is 0 Å². The summed E-state index contributed by atoms with van der Waals surface area (Å²) in [4.78, 5) is 13.4. The predicted octanol–water partition coefficient (Wildman–Crippen LogP) is 0.515. The van der Waals surface area contributed by atoms with E-state index in [2.05, 4.69) is 10.4 Å². The smallest absolute Gasteiger partial charge is 0.260 e. The molecule has 0 fully saturated rings. The molecule has 0 bridgehead atoms. The average Bonchev–Trinajstić information content (AvgIpc) is 2.58. The van der Waals surface area contributed by atoms with Gasteiger partial charge < -0.3 is 15.0 Å². The molecule has 19 heavy (non-hydrogen) atoms. The number of ether oxygens (including phenoxy) is 1. The topological polar surface area (TPSA) is 59.4 Å². The third-order valence-electron chi connectivity index (χ3n) is 2.91. The lowest BCUT2D eigenvalue weighted by Crippen LogP contribution is -2.36. The predicted molar refractivity (Wildman–Crippen MR) is 77.0 cm³/mol. The van der Waals surface area contributed by atoms with Crippen LogP contribution < -0.4 is 10.1 Å². The number of rotatable bonds is 6. The molecule has 0 aliphatic rings. The van der Waals surface area contributed by atoms with Gasteiger partial charge in [0.05, 0.1) is 5.69 Å². The highest BCUT2D eigenvalue weighted by Gasteiger charge is 2.14. The number of likely N-dealkylation sites (N-methyl/N-ethyl adjacent to an activating group) is 2. The summed E-state index contributed by atoms with van der Waals surface area (Å²) in [6.07, 6.45) is 0. The van der Waals surface area contributed by atoms with Crippen molar-refractivity contribution < 1.29 is 9.53 Å². The third kappa shape index (κ3) is 4.72. The van der Waals surface area contributed by atoms with Gasteiger partial charge in [0.25, 0.3) is 5.91 Å². The summed E-state index contributed by atoms with van der Waals surface area (Å²) in [6.45, 7) is 5.28. The summed E-state index contributed by atoms with van der Waals surface area (Å²) in [5.74, 6) is 0.667. The molecule has 0 saturated heterocycles. The number of aromatic nitrogens is 2. The highest BCUT2D eigenvalue weighted by Crippen LogP contribution is 2.21. The molecule has 0 aliphatic heterocycles. The highest BCUT2D eigenvalue weighted by molar-refractivity contribution is 5.85. The number of nitrogens with zero attached hydrogens (tertiary/aromatic N) is 3. The number of hydrogen-bond acceptors (Lipinski definition) is 4. The van der Waals surface area contributed by atoms with E-state index in [1.54, 1.807) is 16.6 Å². The van der Waals surface area contributed by atoms with Gasteiger partial charge in [0, 0.05) is 27.2 Å². The first kappa shape index (κ1) is 17.7. The zero-order valence-electron chi connectivity index (χ0n) is 12.2. The average molecular weight is 291 g/mol. The second-order valence-corrected chi connectivity index (χ2v) is 4.33. The lowest BCUT2D eigenvalue weighted by molar-refractivity contribution is -0.132. The first-order valence-electron chi connectivity index (χ1n) is 5.99. The van der Waals surface area contributed by atoms with E-state index in [1.807, 2.05) is 27.9 Å². The first-order chi connectivity index (χ1) is 8.47. The molecular formula is C12H23ClN4O2. The van der Waals surface area contributed by atoms with Crippen molar-refractivity contribution in [3.63, 3.8) is 0 Å². The molecule has 1 aromatic rings. The van der Waals surface area contributed by atoms with Crippen molar-refractivity contribution in [1.29, 1.82) is 0 Å². The maximum absolute atomic E-state index is 11.8. The van der Waals surface area contributed by atoms with Crippen LogP contribution >= 0.6 is 12.4 Å². The summed E-state index contributed by atoms with van der Waals surface area (Å²) in [6, 6.07) is 0. The van der Waals surface area contributed by atoms with Gasteiger partial charge in [-0.05, 0) is 20.9 Å². The van der Waals surface area contributed by atoms with Gasteiger partial charge in [0.15, 0.2) is 12.4 Å². The van der Waals surface area contributed by atoms with Crippen LogP contribution in [0.2, 0.25) is 0 Å². The Hall–Kier alpha value is -1.27. The molecule has 7 heteroatoms. The van der Waals surface area contributed by atoms with Crippen molar-refractivity contribution in [2.75, 3.05) is 33.8 Å². The summed E-state index contributed by atoms with van der Waals surface area (Å²) in [5.41, 5.74) is 1.74. The Bertz CT molecular complexity index is 420. The van der Waals surface area contributed by atoms with E-state index in [0.29, 0.717) is 12.3 Å². The number of carbonyl (C=O) groups is 1. The summed E-state index contributed by atoms with van der Waals surface area (Å²) in [5, 5.41) is 7.24. The van der Waals surface area contributed by atoms with Gasteiger partial charge in [-0.25, -0.2) is 0 Å². The van der Waals surface area contributed by atoms with E-state index >= 15 is 0 Å². The minimum Gasteiger partial charge on any atom is -0.480 e. The number of nitrogens with one attached hydrogen (secondary N) is 1. The summed E-state index contributed by atoms with van der Waals surface area (Å²) in [7, 11) is 5.49. The van der Waals surface area contributed by atoms with Gasteiger partial charge in [-0.15, -0.1) is 12.4 Å². The number of hydrogen-bond donors (Lipinski definition) is 1. The molecule has 0 spiro atoms. The molecular weight excluding hydrogens is 268 g/mol. The maximum Gasteiger partial charge on any atom is 0.260 e. The third-order valence-corrected chi connectivity index (χ3v) is 2.91. The maximum atomic E-state index is 11.8. The zero-order valence-corrected chi connectivity index (χ0v) is 13.0. The van der Waals surface area contributed by atoms with E-state index < -0.39 is 0 Å². The number of amides is 1. The van der Waals surface area contributed by atoms with Gasteiger partial charge >= 0.3 is 0 Å².